The third kappa shape index (κ3) is 1.97. The second-order valence-corrected chi connectivity index (χ2v) is 4.09. The minimum Gasteiger partial charge on any atom is -0.453 e. The van der Waals surface area contributed by atoms with Crippen LogP contribution in [0.2, 0.25) is 0 Å². The van der Waals surface area contributed by atoms with Gasteiger partial charge in [-0.05, 0) is 12.1 Å². The summed E-state index contributed by atoms with van der Waals surface area (Å²) in [6, 6.07) is 9.10. The Bertz CT molecular complexity index is 507. The van der Waals surface area contributed by atoms with Gasteiger partial charge in [0.05, 0.1) is 19.3 Å². The number of hydrogen-bond acceptors (Lipinski definition) is 4. The number of nitrogens with one attached hydrogen (secondary N) is 1. The van der Waals surface area contributed by atoms with Gasteiger partial charge in [0.1, 0.15) is 5.58 Å². The lowest BCUT2D eigenvalue weighted by atomic mass is 10.1. The van der Waals surface area contributed by atoms with E-state index in [2.05, 4.69) is 5.32 Å². The fraction of sp³-hybridized carbons (Fsp3) is 0.308. The van der Waals surface area contributed by atoms with Crippen LogP contribution in [0.5, 0.6) is 0 Å². The molecule has 0 spiro atoms. The molecule has 0 radical (unpaired) electrons. The molecule has 1 aliphatic heterocycles. The predicted molar refractivity (Wildman–Crippen MR) is 63.2 cm³/mol. The number of carbonyl (C=O) groups excluding carboxylic acids is 1. The number of morpholine rings is 1. The molecule has 4 heteroatoms. The van der Waals surface area contributed by atoms with Crippen molar-refractivity contribution >= 4 is 16.8 Å². The molecular formula is C13H13NO3. The van der Waals surface area contributed by atoms with E-state index in [9.17, 15) is 4.79 Å². The summed E-state index contributed by atoms with van der Waals surface area (Å²) in [7, 11) is 0. The first-order chi connectivity index (χ1) is 8.34. The number of ether oxygens (including phenoxy) is 1. The van der Waals surface area contributed by atoms with Crippen LogP contribution in [0.15, 0.2) is 34.7 Å². The first-order valence-electron chi connectivity index (χ1n) is 5.68. The van der Waals surface area contributed by atoms with Crippen LogP contribution in [0.1, 0.15) is 10.6 Å². The first-order valence-corrected chi connectivity index (χ1v) is 5.68. The number of hydrogen-bond donors (Lipinski definition) is 1. The van der Waals surface area contributed by atoms with Gasteiger partial charge in [-0.1, -0.05) is 18.2 Å². The Morgan fingerprint density at radius 1 is 1.35 bits per heavy atom. The molecule has 1 saturated heterocycles. The lowest BCUT2D eigenvalue weighted by molar-refractivity contribution is 0.0590. The Kier molecular flexibility index (Phi) is 2.66. The number of para-hydroxylation sites is 1. The average molecular weight is 231 g/mol. The topological polar surface area (TPSA) is 51.5 Å². The fourth-order valence-electron chi connectivity index (χ4n) is 2.01. The van der Waals surface area contributed by atoms with E-state index in [4.69, 9.17) is 9.15 Å². The van der Waals surface area contributed by atoms with Gasteiger partial charge in [-0.2, -0.15) is 0 Å². The fourth-order valence-corrected chi connectivity index (χ4v) is 2.01. The number of Topliss-reactive ketones (excluding diaryl/α,β-unsaturated/α-hetero) is 1. The normalized spacial score (nSPS) is 20.6. The zero-order valence-corrected chi connectivity index (χ0v) is 9.31. The molecule has 1 N–H and O–H groups in total. The average Bonchev–Trinajstić information content (AvgIpc) is 2.82. The van der Waals surface area contributed by atoms with Gasteiger partial charge in [0, 0.05) is 11.9 Å². The third-order valence-electron chi connectivity index (χ3n) is 2.91. The molecule has 1 aliphatic rings. The van der Waals surface area contributed by atoms with Crippen molar-refractivity contribution in [2.24, 2.45) is 0 Å². The SMILES string of the molecule is O=C(c1cc2ccccc2o1)C1COCCN1. The summed E-state index contributed by atoms with van der Waals surface area (Å²) < 4.78 is 10.8. The van der Waals surface area contributed by atoms with Crippen molar-refractivity contribution in [1.82, 2.24) is 5.32 Å². The van der Waals surface area contributed by atoms with E-state index in [-0.39, 0.29) is 11.8 Å². The minimum atomic E-state index is -0.288. The summed E-state index contributed by atoms with van der Waals surface area (Å²) in [4.78, 5) is 12.1. The molecule has 0 amide bonds. The molecule has 0 bridgehead atoms. The van der Waals surface area contributed by atoms with Crippen LogP contribution in [0, 0.1) is 0 Å². The van der Waals surface area contributed by atoms with Crippen molar-refractivity contribution in [3.8, 4) is 0 Å². The molecule has 3 rings (SSSR count). The van der Waals surface area contributed by atoms with Crippen LogP contribution >= 0.6 is 0 Å². The first kappa shape index (κ1) is 10.5. The summed E-state index contributed by atoms with van der Waals surface area (Å²) >= 11 is 0. The molecule has 2 aromatic rings. The summed E-state index contributed by atoms with van der Waals surface area (Å²) in [6.45, 7) is 1.77. The molecule has 88 valence electrons. The molecule has 1 unspecified atom stereocenters. The minimum absolute atomic E-state index is 0.0408. The van der Waals surface area contributed by atoms with Crippen molar-refractivity contribution in [2.45, 2.75) is 6.04 Å². The van der Waals surface area contributed by atoms with Gasteiger partial charge in [0.2, 0.25) is 5.78 Å². The zero-order chi connectivity index (χ0) is 11.7. The largest absolute Gasteiger partial charge is 0.453 e. The summed E-state index contributed by atoms with van der Waals surface area (Å²) in [5, 5.41) is 4.08. The van der Waals surface area contributed by atoms with Crippen LogP contribution < -0.4 is 5.32 Å². The van der Waals surface area contributed by atoms with Gasteiger partial charge in [0.25, 0.3) is 0 Å². The Balaban J connectivity index is 1.89. The van der Waals surface area contributed by atoms with E-state index in [0.717, 1.165) is 11.0 Å². The van der Waals surface area contributed by atoms with Crippen LogP contribution in [0.3, 0.4) is 0 Å². The van der Waals surface area contributed by atoms with E-state index in [1.165, 1.54) is 0 Å². The molecule has 17 heavy (non-hydrogen) atoms. The lowest BCUT2D eigenvalue weighted by Gasteiger charge is -2.21. The van der Waals surface area contributed by atoms with Crippen molar-refractivity contribution in [3.05, 3.63) is 36.1 Å². The van der Waals surface area contributed by atoms with Crippen molar-refractivity contribution in [3.63, 3.8) is 0 Å². The number of carbonyl (C=O) groups is 1. The van der Waals surface area contributed by atoms with Gasteiger partial charge >= 0.3 is 0 Å². The van der Waals surface area contributed by atoms with E-state index in [1.807, 2.05) is 24.3 Å². The number of ketones is 1. The highest BCUT2D eigenvalue weighted by atomic mass is 16.5. The molecule has 2 heterocycles. The smallest absolute Gasteiger partial charge is 0.217 e. The molecule has 0 aliphatic carbocycles. The molecule has 1 aromatic heterocycles. The predicted octanol–water partition coefficient (Wildman–Crippen LogP) is 1.60. The summed E-state index contributed by atoms with van der Waals surface area (Å²) in [6.07, 6.45) is 0. The quantitative estimate of drug-likeness (QED) is 0.798. The van der Waals surface area contributed by atoms with Gasteiger partial charge in [-0.3, -0.25) is 4.79 Å². The van der Waals surface area contributed by atoms with Crippen molar-refractivity contribution in [1.29, 1.82) is 0 Å². The van der Waals surface area contributed by atoms with Crippen molar-refractivity contribution < 1.29 is 13.9 Å². The highest BCUT2D eigenvalue weighted by Crippen LogP contribution is 2.20. The highest BCUT2D eigenvalue weighted by molar-refractivity contribution is 6.01. The van der Waals surface area contributed by atoms with Gasteiger partial charge in [-0.25, -0.2) is 0 Å². The van der Waals surface area contributed by atoms with E-state index >= 15 is 0 Å². The molecule has 1 aromatic carbocycles. The Morgan fingerprint density at radius 3 is 3.00 bits per heavy atom. The number of rotatable bonds is 2. The molecule has 4 nitrogen and oxygen atoms in total. The van der Waals surface area contributed by atoms with Crippen LogP contribution in [-0.2, 0) is 4.74 Å². The Labute approximate surface area is 98.6 Å². The third-order valence-corrected chi connectivity index (χ3v) is 2.91. The van der Waals surface area contributed by atoms with Crippen molar-refractivity contribution in [2.75, 3.05) is 19.8 Å². The number of fused-ring (bicyclic) bond motifs is 1. The van der Waals surface area contributed by atoms with Gasteiger partial charge < -0.3 is 14.5 Å². The Hall–Kier alpha value is -1.65. The van der Waals surface area contributed by atoms with E-state index in [0.29, 0.717) is 25.5 Å². The maximum Gasteiger partial charge on any atom is 0.217 e. The van der Waals surface area contributed by atoms with Gasteiger partial charge in [-0.15, -0.1) is 0 Å². The number of benzene rings is 1. The standard InChI is InChI=1S/C13H13NO3/c15-13(10-8-16-6-5-14-10)12-7-9-3-1-2-4-11(9)17-12/h1-4,7,10,14H,5-6,8H2. The van der Waals surface area contributed by atoms with Crippen LogP contribution in [0.25, 0.3) is 11.0 Å². The second-order valence-electron chi connectivity index (χ2n) is 4.09. The summed E-state index contributed by atoms with van der Waals surface area (Å²) in [5.74, 6) is 0.357. The van der Waals surface area contributed by atoms with Crippen LogP contribution in [0.4, 0.5) is 0 Å². The number of furan rings is 1. The monoisotopic (exact) mass is 231 g/mol. The summed E-state index contributed by atoms with van der Waals surface area (Å²) in [5.41, 5.74) is 0.743. The maximum absolute atomic E-state index is 12.1. The molecular weight excluding hydrogens is 218 g/mol. The van der Waals surface area contributed by atoms with Gasteiger partial charge in [0.15, 0.2) is 5.76 Å². The lowest BCUT2D eigenvalue weighted by Crippen LogP contribution is -2.46. The maximum atomic E-state index is 12.1. The van der Waals surface area contributed by atoms with Crippen LogP contribution in [-0.4, -0.2) is 31.6 Å². The van der Waals surface area contributed by atoms with E-state index < -0.39 is 0 Å². The zero-order valence-electron chi connectivity index (χ0n) is 9.31. The Morgan fingerprint density at radius 2 is 2.24 bits per heavy atom. The molecule has 1 fully saturated rings. The van der Waals surface area contributed by atoms with E-state index in [1.54, 1.807) is 6.07 Å². The second kappa shape index (κ2) is 4.31. The highest BCUT2D eigenvalue weighted by Gasteiger charge is 2.25. The molecule has 0 saturated carbocycles. The molecule has 1 atom stereocenters.